The summed E-state index contributed by atoms with van der Waals surface area (Å²) in [5.74, 6) is -0.429. The molecule has 1 heterocycles. The lowest BCUT2D eigenvalue weighted by Gasteiger charge is -2.24. The highest BCUT2D eigenvalue weighted by atomic mass is 32.2. The molecule has 0 amide bonds. The fraction of sp³-hybridized carbons (Fsp3) is 0.400. The predicted octanol–water partition coefficient (Wildman–Crippen LogP) is 2.60. The van der Waals surface area contributed by atoms with Crippen LogP contribution in [0.2, 0.25) is 0 Å². The molecule has 7 heteroatoms. The fourth-order valence-corrected chi connectivity index (χ4v) is 4.55. The lowest BCUT2D eigenvalue weighted by molar-refractivity contribution is -0.265. The Labute approximate surface area is 130 Å². The Balaban J connectivity index is 1.91. The maximum Gasteiger partial charge on any atom is 0.337 e. The maximum atomic E-state index is 12.7. The van der Waals surface area contributed by atoms with Crippen LogP contribution in [-0.4, -0.2) is 28.8 Å². The summed E-state index contributed by atoms with van der Waals surface area (Å²) in [4.78, 5) is 16.9. The number of hydrogen-bond donors (Lipinski definition) is 1. The zero-order valence-corrected chi connectivity index (χ0v) is 13.0. The number of rotatable bonds is 3. The highest BCUT2D eigenvalue weighted by Gasteiger charge is 2.41. The van der Waals surface area contributed by atoms with Crippen molar-refractivity contribution in [2.75, 3.05) is 11.4 Å². The summed E-state index contributed by atoms with van der Waals surface area (Å²) in [6.45, 7) is 0. The van der Waals surface area contributed by atoms with Gasteiger partial charge in [0.1, 0.15) is 0 Å². The second-order valence-corrected chi connectivity index (χ2v) is 6.61. The number of carbonyl (C=O) groups is 1. The van der Waals surface area contributed by atoms with E-state index in [2.05, 4.69) is 9.62 Å². The molecule has 1 unspecified atom stereocenters. The minimum Gasteiger partial charge on any atom is -0.465 e. The smallest absolute Gasteiger partial charge is 0.337 e. The van der Waals surface area contributed by atoms with E-state index in [-0.39, 0.29) is 0 Å². The van der Waals surface area contributed by atoms with Crippen molar-refractivity contribution >= 4 is 22.6 Å². The Morgan fingerprint density at radius 2 is 1.95 bits per heavy atom. The Kier molecular flexibility index (Phi) is 4.28. The van der Waals surface area contributed by atoms with Crippen molar-refractivity contribution in [1.29, 1.82) is 0 Å². The fourth-order valence-electron chi connectivity index (χ4n) is 2.91. The molecule has 2 aliphatic rings. The molecular weight excluding hydrogens is 306 g/mol. The van der Waals surface area contributed by atoms with Crippen molar-refractivity contribution in [2.45, 2.75) is 31.9 Å². The van der Waals surface area contributed by atoms with Gasteiger partial charge in [0.25, 0.3) is 0 Å². The SMILES string of the molecule is COC(=O)c1ccc(N2[C@H](OO)C3=C(CCCC3)S2=O)cc1. The van der Waals surface area contributed by atoms with Crippen LogP contribution in [0.1, 0.15) is 36.0 Å². The number of anilines is 1. The molecule has 1 aromatic rings. The molecule has 2 atom stereocenters. The second-order valence-electron chi connectivity index (χ2n) is 5.23. The minimum atomic E-state index is -1.37. The molecule has 0 spiro atoms. The number of hydrogen-bond acceptors (Lipinski definition) is 5. The summed E-state index contributed by atoms with van der Waals surface area (Å²) in [6.07, 6.45) is 2.82. The van der Waals surface area contributed by atoms with Crippen molar-refractivity contribution in [1.82, 2.24) is 0 Å². The summed E-state index contributed by atoms with van der Waals surface area (Å²) in [7, 11) is -0.0466. The standard InChI is InChI=1S/C15H17NO5S/c1-20-15(17)10-6-8-11(9-7-10)16-14(21-18)12-4-2-3-5-13(12)22(16)19/h6-9,14,18H,2-5H2,1H3/t14-,22?/m1/s1. The van der Waals surface area contributed by atoms with Crippen LogP contribution in [0.25, 0.3) is 0 Å². The van der Waals surface area contributed by atoms with Crippen LogP contribution in [0.3, 0.4) is 0 Å². The van der Waals surface area contributed by atoms with Crippen molar-refractivity contribution in [3.05, 3.63) is 40.3 Å². The van der Waals surface area contributed by atoms with E-state index >= 15 is 0 Å². The van der Waals surface area contributed by atoms with Crippen LogP contribution in [0.4, 0.5) is 5.69 Å². The first-order valence-corrected chi connectivity index (χ1v) is 8.19. The first-order chi connectivity index (χ1) is 10.7. The highest BCUT2D eigenvalue weighted by Crippen LogP contribution is 2.41. The average Bonchev–Trinajstić information content (AvgIpc) is 2.87. The molecule has 0 saturated heterocycles. The minimum absolute atomic E-state index is 0.412. The van der Waals surface area contributed by atoms with Crippen LogP contribution in [0.5, 0.6) is 0 Å². The van der Waals surface area contributed by atoms with Crippen molar-refractivity contribution in [3.8, 4) is 0 Å². The number of methoxy groups -OCH3 is 1. The predicted molar refractivity (Wildman–Crippen MR) is 81.4 cm³/mol. The van der Waals surface area contributed by atoms with E-state index in [0.29, 0.717) is 11.3 Å². The highest BCUT2D eigenvalue weighted by molar-refractivity contribution is 7.90. The van der Waals surface area contributed by atoms with Gasteiger partial charge >= 0.3 is 5.97 Å². The molecular formula is C15H17NO5S. The molecule has 0 fully saturated rings. The van der Waals surface area contributed by atoms with Gasteiger partial charge in [-0.25, -0.2) is 19.1 Å². The van der Waals surface area contributed by atoms with Crippen molar-refractivity contribution < 1.29 is 23.9 Å². The molecule has 0 aromatic heterocycles. The quantitative estimate of drug-likeness (QED) is 0.526. The summed E-state index contributed by atoms with van der Waals surface area (Å²) in [5, 5.41) is 9.25. The van der Waals surface area contributed by atoms with E-state index in [1.165, 1.54) is 11.4 Å². The van der Waals surface area contributed by atoms with Gasteiger partial charge in [0.2, 0.25) is 0 Å². The zero-order valence-electron chi connectivity index (χ0n) is 12.2. The third kappa shape index (κ3) is 2.45. The normalized spacial score (nSPS) is 24.4. The van der Waals surface area contributed by atoms with Gasteiger partial charge in [-0.3, -0.25) is 4.31 Å². The molecule has 22 heavy (non-hydrogen) atoms. The molecule has 0 saturated carbocycles. The zero-order chi connectivity index (χ0) is 15.7. The molecule has 118 valence electrons. The molecule has 1 N–H and O–H groups in total. The number of carbonyl (C=O) groups excluding carboxylic acids is 1. The van der Waals surface area contributed by atoms with Gasteiger partial charge in [0, 0.05) is 4.91 Å². The molecule has 3 rings (SSSR count). The van der Waals surface area contributed by atoms with Crippen LogP contribution >= 0.6 is 0 Å². The van der Waals surface area contributed by atoms with E-state index in [1.54, 1.807) is 24.3 Å². The number of esters is 1. The van der Waals surface area contributed by atoms with Gasteiger partial charge in [-0.05, 0) is 55.5 Å². The maximum absolute atomic E-state index is 12.7. The summed E-state index contributed by atoms with van der Waals surface area (Å²) in [6, 6.07) is 6.55. The van der Waals surface area contributed by atoms with E-state index in [9.17, 15) is 14.3 Å². The summed E-state index contributed by atoms with van der Waals surface area (Å²) < 4.78 is 18.9. The van der Waals surface area contributed by atoms with Crippen LogP contribution < -0.4 is 4.31 Å². The average molecular weight is 323 g/mol. The van der Waals surface area contributed by atoms with E-state index < -0.39 is 23.2 Å². The molecule has 0 bridgehead atoms. The van der Waals surface area contributed by atoms with Crippen LogP contribution in [-0.2, 0) is 20.6 Å². The van der Waals surface area contributed by atoms with E-state index in [0.717, 1.165) is 36.2 Å². The van der Waals surface area contributed by atoms with Gasteiger partial charge in [-0.2, -0.15) is 0 Å². The molecule has 1 aliphatic heterocycles. The molecule has 1 aromatic carbocycles. The van der Waals surface area contributed by atoms with Gasteiger partial charge < -0.3 is 4.74 Å². The largest absolute Gasteiger partial charge is 0.465 e. The Morgan fingerprint density at radius 1 is 1.27 bits per heavy atom. The van der Waals surface area contributed by atoms with E-state index in [4.69, 9.17) is 0 Å². The third-order valence-electron chi connectivity index (χ3n) is 4.00. The van der Waals surface area contributed by atoms with Gasteiger partial charge in [-0.15, -0.1) is 0 Å². The monoisotopic (exact) mass is 323 g/mol. The first-order valence-electron chi connectivity index (χ1n) is 7.09. The van der Waals surface area contributed by atoms with Crippen molar-refractivity contribution in [2.24, 2.45) is 0 Å². The Morgan fingerprint density at radius 3 is 2.59 bits per heavy atom. The lowest BCUT2D eigenvalue weighted by atomic mass is 9.98. The van der Waals surface area contributed by atoms with Gasteiger partial charge in [-0.1, -0.05) is 0 Å². The Hall–Kier alpha value is -1.70. The van der Waals surface area contributed by atoms with Gasteiger partial charge in [0.15, 0.2) is 17.2 Å². The summed E-state index contributed by atoms with van der Waals surface area (Å²) in [5.41, 5.74) is 1.94. The number of ether oxygens (including phenoxy) is 1. The van der Waals surface area contributed by atoms with Gasteiger partial charge in [0.05, 0.1) is 18.4 Å². The lowest BCUT2D eigenvalue weighted by Crippen LogP contribution is -2.34. The number of allylic oxidation sites excluding steroid dienone is 1. The number of benzene rings is 1. The Bertz CT molecular complexity index is 640. The molecule has 0 radical (unpaired) electrons. The third-order valence-corrected chi connectivity index (χ3v) is 5.65. The first kappa shape index (κ1) is 15.2. The van der Waals surface area contributed by atoms with Crippen LogP contribution in [0.15, 0.2) is 34.7 Å². The van der Waals surface area contributed by atoms with Crippen molar-refractivity contribution in [3.63, 3.8) is 0 Å². The second kappa shape index (κ2) is 6.20. The topological polar surface area (TPSA) is 76.1 Å². The van der Waals surface area contributed by atoms with Crippen LogP contribution in [0, 0.1) is 0 Å². The van der Waals surface area contributed by atoms with E-state index in [1.807, 2.05) is 0 Å². The summed E-state index contributed by atoms with van der Waals surface area (Å²) >= 11 is 0. The molecule has 6 nitrogen and oxygen atoms in total. The molecule has 1 aliphatic carbocycles. The number of nitrogens with zero attached hydrogens (tertiary/aromatic N) is 1.